The monoisotopic (exact) mass is 345 g/mol. The quantitative estimate of drug-likeness (QED) is 0.827. The molecule has 1 aliphatic carbocycles. The number of rotatable bonds is 7. The third-order valence-corrected chi connectivity index (χ3v) is 4.64. The standard InChI is InChI=1S/C20H27NO4/c1-14-5-3-6-16(11-14)20-21-19(15(2)25-20)13-24-18-8-4-7-17(12-18)23-10-9-22/h3,5-6,11,17-18,22H,4,7-10,12-13H2,1-2H3/t17-,18?/m1/s1. The molecule has 2 atom stereocenters. The van der Waals surface area contributed by atoms with E-state index in [1.54, 1.807) is 0 Å². The summed E-state index contributed by atoms with van der Waals surface area (Å²) in [6.07, 6.45) is 4.42. The first-order valence-electron chi connectivity index (χ1n) is 9.03. The fourth-order valence-corrected chi connectivity index (χ4v) is 3.28. The van der Waals surface area contributed by atoms with Gasteiger partial charge in [0.25, 0.3) is 0 Å². The molecule has 1 N–H and O–H groups in total. The molecule has 2 aromatic rings. The van der Waals surface area contributed by atoms with E-state index >= 15 is 0 Å². The summed E-state index contributed by atoms with van der Waals surface area (Å²) in [5, 5.41) is 8.88. The van der Waals surface area contributed by atoms with Gasteiger partial charge in [0.1, 0.15) is 11.5 Å². The van der Waals surface area contributed by atoms with Gasteiger partial charge in [-0.25, -0.2) is 4.98 Å². The molecule has 1 aromatic heterocycles. The van der Waals surface area contributed by atoms with E-state index in [4.69, 9.17) is 19.0 Å². The Labute approximate surface area is 149 Å². The first kappa shape index (κ1) is 18.1. The van der Waals surface area contributed by atoms with Crippen molar-refractivity contribution in [2.75, 3.05) is 13.2 Å². The smallest absolute Gasteiger partial charge is 0.226 e. The Kier molecular flexibility index (Phi) is 6.24. The van der Waals surface area contributed by atoms with Crippen LogP contribution in [0.15, 0.2) is 28.7 Å². The van der Waals surface area contributed by atoms with E-state index in [0.29, 0.717) is 19.1 Å². The van der Waals surface area contributed by atoms with Gasteiger partial charge in [0.15, 0.2) is 0 Å². The number of oxazole rings is 1. The van der Waals surface area contributed by atoms with E-state index in [1.165, 1.54) is 5.56 Å². The molecule has 5 nitrogen and oxygen atoms in total. The van der Waals surface area contributed by atoms with Crippen LogP contribution in [0.3, 0.4) is 0 Å². The van der Waals surface area contributed by atoms with E-state index < -0.39 is 0 Å². The molecule has 3 rings (SSSR count). The highest BCUT2D eigenvalue weighted by atomic mass is 16.5. The summed E-state index contributed by atoms with van der Waals surface area (Å²) >= 11 is 0. The predicted octanol–water partition coefficient (Wildman–Crippen LogP) is 3.80. The van der Waals surface area contributed by atoms with Crippen LogP contribution >= 0.6 is 0 Å². The predicted molar refractivity (Wildman–Crippen MR) is 95.3 cm³/mol. The lowest BCUT2D eigenvalue weighted by molar-refractivity contribution is -0.0570. The summed E-state index contributed by atoms with van der Waals surface area (Å²) in [5.74, 6) is 1.45. The summed E-state index contributed by atoms with van der Waals surface area (Å²) in [7, 11) is 0. The van der Waals surface area contributed by atoms with Crippen molar-refractivity contribution in [1.29, 1.82) is 0 Å². The fourth-order valence-electron chi connectivity index (χ4n) is 3.28. The van der Waals surface area contributed by atoms with E-state index in [9.17, 15) is 0 Å². The topological polar surface area (TPSA) is 64.7 Å². The number of hydrogen-bond donors (Lipinski definition) is 1. The van der Waals surface area contributed by atoms with E-state index in [1.807, 2.05) is 19.1 Å². The van der Waals surface area contributed by atoms with Crippen molar-refractivity contribution < 1.29 is 19.0 Å². The van der Waals surface area contributed by atoms with Crippen LogP contribution in [-0.2, 0) is 16.1 Å². The van der Waals surface area contributed by atoms with Gasteiger partial charge in [0, 0.05) is 5.56 Å². The fraction of sp³-hybridized carbons (Fsp3) is 0.550. The molecule has 25 heavy (non-hydrogen) atoms. The van der Waals surface area contributed by atoms with Crippen LogP contribution < -0.4 is 0 Å². The van der Waals surface area contributed by atoms with Gasteiger partial charge >= 0.3 is 0 Å². The van der Waals surface area contributed by atoms with Gasteiger partial charge in [-0.2, -0.15) is 0 Å². The molecule has 0 saturated heterocycles. The summed E-state index contributed by atoms with van der Waals surface area (Å²) in [6.45, 7) is 4.92. The van der Waals surface area contributed by atoms with E-state index in [0.717, 1.165) is 42.7 Å². The lowest BCUT2D eigenvalue weighted by atomic mass is 9.95. The Bertz CT molecular complexity index is 682. The van der Waals surface area contributed by atoms with Crippen LogP contribution in [0, 0.1) is 13.8 Å². The number of aliphatic hydroxyl groups excluding tert-OH is 1. The van der Waals surface area contributed by atoms with Crippen LogP contribution in [0.1, 0.15) is 42.7 Å². The molecule has 1 aromatic carbocycles. The summed E-state index contributed by atoms with van der Waals surface area (Å²) in [6, 6.07) is 8.14. The van der Waals surface area contributed by atoms with Gasteiger partial charge in [0.2, 0.25) is 5.89 Å². The SMILES string of the molecule is Cc1cccc(-c2nc(COC3CCC[C@@H](OCCO)C3)c(C)o2)c1. The van der Waals surface area contributed by atoms with E-state index in [2.05, 4.69) is 24.0 Å². The largest absolute Gasteiger partial charge is 0.441 e. The molecule has 1 fully saturated rings. The highest BCUT2D eigenvalue weighted by Crippen LogP contribution is 2.26. The van der Waals surface area contributed by atoms with Crippen molar-refractivity contribution in [3.8, 4) is 11.5 Å². The number of aryl methyl sites for hydroxylation is 2. The molecular weight excluding hydrogens is 318 g/mol. The summed E-state index contributed by atoms with van der Waals surface area (Å²) < 4.78 is 17.5. The number of benzene rings is 1. The lowest BCUT2D eigenvalue weighted by Gasteiger charge is -2.28. The number of ether oxygens (including phenoxy) is 2. The lowest BCUT2D eigenvalue weighted by Crippen LogP contribution is -2.29. The molecule has 0 bridgehead atoms. The molecule has 0 spiro atoms. The van der Waals surface area contributed by atoms with Crippen LogP contribution in [0.25, 0.3) is 11.5 Å². The van der Waals surface area contributed by atoms with Gasteiger partial charge < -0.3 is 19.0 Å². The van der Waals surface area contributed by atoms with Gasteiger partial charge in [-0.15, -0.1) is 0 Å². The molecule has 0 radical (unpaired) electrons. The zero-order valence-corrected chi connectivity index (χ0v) is 15.0. The first-order valence-corrected chi connectivity index (χ1v) is 9.03. The number of aromatic nitrogens is 1. The Morgan fingerprint density at radius 3 is 2.76 bits per heavy atom. The second-order valence-corrected chi connectivity index (χ2v) is 6.71. The second kappa shape index (κ2) is 8.61. The Morgan fingerprint density at radius 2 is 2.00 bits per heavy atom. The Hall–Kier alpha value is -1.69. The van der Waals surface area contributed by atoms with Crippen molar-refractivity contribution in [2.45, 2.75) is 58.3 Å². The maximum Gasteiger partial charge on any atom is 0.226 e. The van der Waals surface area contributed by atoms with Gasteiger partial charge in [0.05, 0.1) is 32.0 Å². The van der Waals surface area contributed by atoms with Crippen molar-refractivity contribution in [3.05, 3.63) is 41.3 Å². The minimum absolute atomic E-state index is 0.0713. The molecular formula is C20H27NO4. The van der Waals surface area contributed by atoms with E-state index in [-0.39, 0.29) is 18.8 Å². The second-order valence-electron chi connectivity index (χ2n) is 6.71. The minimum atomic E-state index is 0.0713. The average Bonchev–Trinajstić information content (AvgIpc) is 2.99. The Morgan fingerprint density at radius 1 is 1.20 bits per heavy atom. The summed E-state index contributed by atoms with van der Waals surface area (Å²) in [5.41, 5.74) is 3.03. The molecule has 0 aliphatic heterocycles. The van der Waals surface area contributed by atoms with Crippen molar-refractivity contribution >= 4 is 0 Å². The van der Waals surface area contributed by atoms with Gasteiger partial charge in [-0.3, -0.25) is 0 Å². The molecule has 5 heteroatoms. The number of nitrogens with zero attached hydrogens (tertiary/aromatic N) is 1. The molecule has 1 unspecified atom stereocenters. The van der Waals surface area contributed by atoms with Crippen molar-refractivity contribution in [1.82, 2.24) is 4.98 Å². The molecule has 136 valence electrons. The Balaban J connectivity index is 1.58. The van der Waals surface area contributed by atoms with Crippen molar-refractivity contribution in [3.63, 3.8) is 0 Å². The normalized spacial score (nSPS) is 20.8. The molecule has 0 amide bonds. The van der Waals surface area contributed by atoms with Crippen LogP contribution in [-0.4, -0.2) is 35.5 Å². The molecule has 1 aliphatic rings. The number of hydrogen-bond acceptors (Lipinski definition) is 5. The maximum atomic E-state index is 8.88. The highest BCUT2D eigenvalue weighted by molar-refractivity contribution is 5.54. The third kappa shape index (κ3) is 4.91. The zero-order chi connectivity index (χ0) is 17.6. The minimum Gasteiger partial charge on any atom is -0.441 e. The van der Waals surface area contributed by atoms with Crippen LogP contribution in [0.2, 0.25) is 0 Å². The summed E-state index contributed by atoms with van der Waals surface area (Å²) in [4.78, 5) is 4.62. The highest BCUT2D eigenvalue weighted by Gasteiger charge is 2.23. The zero-order valence-electron chi connectivity index (χ0n) is 15.0. The van der Waals surface area contributed by atoms with Crippen molar-refractivity contribution in [2.24, 2.45) is 0 Å². The molecule has 1 heterocycles. The number of aliphatic hydroxyl groups is 1. The molecule has 1 saturated carbocycles. The van der Waals surface area contributed by atoms with Gasteiger partial charge in [-0.1, -0.05) is 17.7 Å². The first-order chi connectivity index (χ1) is 12.2. The van der Waals surface area contributed by atoms with Gasteiger partial charge in [-0.05, 0) is 51.7 Å². The third-order valence-electron chi connectivity index (χ3n) is 4.64. The maximum absolute atomic E-state index is 8.88. The average molecular weight is 345 g/mol. The van der Waals surface area contributed by atoms with Crippen LogP contribution in [0.5, 0.6) is 0 Å². The van der Waals surface area contributed by atoms with Crippen LogP contribution in [0.4, 0.5) is 0 Å².